The Morgan fingerprint density at radius 1 is 0.442 bits per heavy atom. The van der Waals surface area contributed by atoms with Crippen LogP contribution in [0.25, 0.3) is 88.6 Å². The van der Waals surface area contributed by atoms with Crippen molar-refractivity contribution in [2.24, 2.45) is 4.99 Å². The number of H-pyrrole nitrogens is 1. The largest absolute Gasteiger partial charge is 0.358 e. The fourth-order valence-corrected chi connectivity index (χ4v) is 7.74. The van der Waals surface area contributed by atoms with Crippen LogP contribution in [0.1, 0.15) is 11.3 Å². The molecule has 0 unspecified atom stereocenters. The van der Waals surface area contributed by atoms with Gasteiger partial charge in [-0.2, -0.15) is 0 Å². The summed E-state index contributed by atoms with van der Waals surface area (Å²) in [7, 11) is 0. The molecule has 10 rings (SSSR count). The van der Waals surface area contributed by atoms with Crippen molar-refractivity contribution in [3.63, 3.8) is 0 Å². The molecule has 0 radical (unpaired) electrons. The number of nitrogens with one attached hydrogen (secondary N) is 1. The van der Waals surface area contributed by atoms with Gasteiger partial charge in [-0.05, 0) is 68.1 Å². The summed E-state index contributed by atoms with van der Waals surface area (Å²) in [5.74, 6) is 0.687. The number of aromatic amines is 1. The molecular weight excluding hydrogens is 633 g/mol. The van der Waals surface area contributed by atoms with Crippen LogP contribution in [0, 0.1) is 0 Å². The van der Waals surface area contributed by atoms with Gasteiger partial charge in [0.2, 0.25) is 0 Å². The zero-order chi connectivity index (χ0) is 34.4. The first-order valence-corrected chi connectivity index (χ1v) is 17.7. The molecule has 0 saturated carbocycles. The third-order valence-corrected chi connectivity index (χ3v) is 10.1. The third kappa shape index (κ3) is 5.12. The standard InChI is InChI=1S/C48H32N4/c1-3-13-31(14-4-1)44-29-45(33-24-25-43-40(28-33)41-30-49-26-12-23-42(41)50-43)52-48(51-44)35-18-11-17-34(27-35)47-38-21-9-7-19-36(38)46(32-15-5-2-6-16-32)37-20-8-10-22-39(37)47/h1-22,24-30,50H,23H2. The smallest absolute Gasteiger partial charge is 0.160 e. The van der Waals surface area contributed by atoms with Crippen LogP contribution in [0.3, 0.4) is 0 Å². The van der Waals surface area contributed by atoms with E-state index in [0.29, 0.717) is 5.82 Å². The van der Waals surface area contributed by atoms with Gasteiger partial charge >= 0.3 is 0 Å². The molecule has 9 aromatic rings. The summed E-state index contributed by atoms with van der Waals surface area (Å²) in [5, 5.41) is 6.04. The van der Waals surface area contributed by atoms with Crippen LogP contribution in [0.2, 0.25) is 0 Å². The minimum Gasteiger partial charge on any atom is -0.358 e. The zero-order valence-corrected chi connectivity index (χ0v) is 28.3. The van der Waals surface area contributed by atoms with E-state index < -0.39 is 0 Å². The Labute approximate surface area is 301 Å². The summed E-state index contributed by atoms with van der Waals surface area (Å²) in [4.78, 5) is 18.5. The average molecular weight is 665 g/mol. The Bertz CT molecular complexity index is 2810. The minimum absolute atomic E-state index is 0.687. The van der Waals surface area contributed by atoms with Crippen LogP contribution < -0.4 is 0 Å². The highest BCUT2D eigenvalue weighted by atomic mass is 14.9. The van der Waals surface area contributed by atoms with E-state index in [2.05, 4.69) is 168 Å². The molecule has 1 aliphatic heterocycles. The lowest BCUT2D eigenvalue weighted by molar-refractivity contribution is 1.17. The van der Waals surface area contributed by atoms with Crippen LogP contribution in [0.5, 0.6) is 0 Å². The zero-order valence-electron chi connectivity index (χ0n) is 28.3. The van der Waals surface area contributed by atoms with E-state index in [0.717, 1.165) is 56.5 Å². The molecule has 0 aliphatic carbocycles. The second-order valence-corrected chi connectivity index (χ2v) is 13.3. The Kier molecular flexibility index (Phi) is 7.17. The fourth-order valence-electron chi connectivity index (χ4n) is 7.74. The van der Waals surface area contributed by atoms with Crippen molar-refractivity contribution < 1.29 is 0 Å². The molecule has 4 heteroatoms. The van der Waals surface area contributed by atoms with Crippen molar-refractivity contribution in [3.8, 4) is 56.2 Å². The summed E-state index contributed by atoms with van der Waals surface area (Å²) >= 11 is 0. The normalized spacial score (nSPS) is 12.4. The van der Waals surface area contributed by atoms with Gasteiger partial charge in [-0.15, -0.1) is 0 Å². The van der Waals surface area contributed by atoms with Crippen molar-refractivity contribution in [2.75, 3.05) is 0 Å². The number of aromatic nitrogens is 3. The van der Waals surface area contributed by atoms with Gasteiger partial charge in [0.15, 0.2) is 5.82 Å². The van der Waals surface area contributed by atoms with Gasteiger partial charge in [-0.3, -0.25) is 4.99 Å². The van der Waals surface area contributed by atoms with Gasteiger partial charge in [0.25, 0.3) is 0 Å². The first kappa shape index (κ1) is 30.0. The summed E-state index contributed by atoms with van der Waals surface area (Å²) in [5.41, 5.74) is 13.0. The van der Waals surface area contributed by atoms with Crippen molar-refractivity contribution in [2.45, 2.75) is 6.42 Å². The van der Waals surface area contributed by atoms with E-state index in [9.17, 15) is 0 Å². The fraction of sp³-hybridized carbons (Fsp3) is 0.0208. The number of aliphatic imine (C=N–C) groups is 1. The quantitative estimate of drug-likeness (QED) is 0.186. The van der Waals surface area contributed by atoms with Crippen molar-refractivity contribution in [3.05, 3.63) is 181 Å². The maximum Gasteiger partial charge on any atom is 0.160 e. The second-order valence-electron chi connectivity index (χ2n) is 13.3. The number of hydrogen-bond acceptors (Lipinski definition) is 3. The molecule has 244 valence electrons. The van der Waals surface area contributed by atoms with Crippen LogP contribution in [0.15, 0.2) is 175 Å². The van der Waals surface area contributed by atoms with Crippen molar-refractivity contribution >= 4 is 38.7 Å². The maximum atomic E-state index is 5.27. The van der Waals surface area contributed by atoms with Gasteiger partial charge < -0.3 is 4.98 Å². The molecule has 1 N–H and O–H groups in total. The van der Waals surface area contributed by atoms with Gasteiger partial charge in [-0.25, -0.2) is 9.97 Å². The molecule has 0 amide bonds. The van der Waals surface area contributed by atoms with Crippen LogP contribution in [0.4, 0.5) is 0 Å². The first-order chi connectivity index (χ1) is 25.8. The van der Waals surface area contributed by atoms with Gasteiger partial charge in [0.05, 0.1) is 11.4 Å². The van der Waals surface area contributed by atoms with E-state index in [1.165, 1.54) is 43.9 Å². The lowest BCUT2D eigenvalue weighted by Gasteiger charge is -2.18. The molecule has 4 nitrogen and oxygen atoms in total. The number of rotatable bonds is 5. The number of allylic oxidation sites excluding steroid dienone is 1. The van der Waals surface area contributed by atoms with Gasteiger partial charge in [-0.1, -0.05) is 140 Å². The number of nitrogens with zero attached hydrogens (tertiary/aromatic N) is 3. The number of fused-ring (bicyclic) bond motifs is 5. The molecule has 7 aromatic carbocycles. The number of hydrogen-bond donors (Lipinski definition) is 1. The third-order valence-electron chi connectivity index (χ3n) is 10.1. The molecule has 0 atom stereocenters. The highest BCUT2D eigenvalue weighted by molar-refractivity contribution is 6.21. The number of benzene rings is 7. The second kappa shape index (κ2) is 12.4. The summed E-state index contributed by atoms with van der Waals surface area (Å²) in [6, 6.07) is 56.0. The molecule has 52 heavy (non-hydrogen) atoms. The van der Waals surface area contributed by atoms with E-state index in [4.69, 9.17) is 9.97 Å². The lowest BCUT2D eigenvalue weighted by Crippen LogP contribution is -1.96. The van der Waals surface area contributed by atoms with E-state index in [1.54, 1.807) is 0 Å². The Hall–Kier alpha value is -6.91. The highest BCUT2D eigenvalue weighted by Gasteiger charge is 2.18. The predicted octanol–water partition coefficient (Wildman–Crippen LogP) is 12.1. The Morgan fingerprint density at radius 2 is 1.02 bits per heavy atom. The van der Waals surface area contributed by atoms with E-state index >= 15 is 0 Å². The molecule has 0 fully saturated rings. The Balaban J connectivity index is 1.17. The minimum atomic E-state index is 0.687. The topological polar surface area (TPSA) is 53.9 Å². The molecule has 0 spiro atoms. The lowest BCUT2D eigenvalue weighted by atomic mass is 9.85. The van der Waals surface area contributed by atoms with Crippen LogP contribution >= 0.6 is 0 Å². The van der Waals surface area contributed by atoms with E-state index in [1.807, 2.05) is 18.5 Å². The molecular formula is C48H32N4. The van der Waals surface area contributed by atoms with Crippen LogP contribution in [-0.2, 0) is 6.42 Å². The van der Waals surface area contributed by atoms with E-state index in [-0.39, 0.29) is 0 Å². The molecule has 1 aliphatic rings. The van der Waals surface area contributed by atoms with Crippen LogP contribution in [-0.4, -0.2) is 21.2 Å². The van der Waals surface area contributed by atoms with Gasteiger partial charge in [0.1, 0.15) is 0 Å². The molecule has 3 heterocycles. The van der Waals surface area contributed by atoms with Crippen molar-refractivity contribution in [1.82, 2.24) is 15.0 Å². The maximum absolute atomic E-state index is 5.27. The predicted molar refractivity (Wildman–Crippen MR) is 217 cm³/mol. The van der Waals surface area contributed by atoms with Gasteiger partial charge in [0, 0.05) is 57.7 Å². The molecule has 2 aromatic heterocycles. The average Bonchev–Trinajstić information content (AvgIpc) is 3.39. The molecule has 0 bridgehead atoms. The summed E-state index contributed by atoms with van der Waals surface area (Å²) in [6.45, 7) is 0. The summed E-state index contributed by atoms with van der Waals surface area (Å²) < 4.78 is 0. The molecule has 0 saturated heterocycles. The first-order valence-electron chi connectivity index (χ1n) is 17.7. The summed E-state index contributed by atoms with van der Waals surface area (Å²) in [6.07, 6.45) is 6.72. The SMILES string of the molecule is C1=CN=Cc2c([nH]c3ccc(-c4cc(-c5ccccc5)nc(-c5cccc(-c6c7ccccc7c(-c7ccccc7)c7ccccc67)c5)n4)cc23)C1. The highest BCUT2D eigenvalue weighted by Crippen LogP contribution is 2.44. The monoisotopic (exact) mass is 664 g/mol. The Morgan fingerprint density at radius 3 is 1.71 bits per heavy atom. The van der Waals surface area contributed by atoms with Crippen molar-refractivity contribution in [1.29, 1.82) is 0 Å².